The molecule has 0 amide bonds. The van der Waals surface area contributed by atoms with Gasteiger partial charge in [0.2, 0.25) is 0 Å². The predicted molar refractivity (Wildman–Crippen MR) is 66.9 cm³/mol. The summed E-state index contributed by atoms with van der Waals surface area (Å²) in [5.74, 6) is 0.674. The van der Waals surface area contributed by atoms with E-state index in [9.17, 15) is 0 Å². The van der Waals surface area contributed by atoms with Gasteiger partial charge in [0, 0.05) is 9.35 Å². The van der Waals surface area contributed by atoms with Gasteiger partial charge in [0.15, 0.2) is 0 Å². The molecule has 5 heteroatoms. The van der Waals surface area contributed by atoms with Crippen molar-refractivity contribution in [2.24, 2.45) is 0 Å². The molecule has 2 heterocycles. The number of nitrogen functional groups attached to an aromatic ring is 1. The summed E-state index contributed by atoms with van der Waals surface area (Å²) in [7, 11) is 0. The van der Waals surface area contributed by atoms with Crippen molar-refractivity contribution in [1.29, 1.82) is 0 Å². The number of hydrogen-bond donors (Lipinski definition) is 1. The maximum Gasteiger partial charge on any atom is 0.138 e. The van der Waals surface area contributed by atoms with Gasteiger partial charge in [-0.15, -0.1) is 22.7 Å². The van der Waals surface area contributed by atoms with Gasteiger partial charge < -0.3 is 5.73 Å². The normalized spacial score (nSPS) is 10.7. The second kappa shape index (κ2) is 4.00. The lowest BCUT2D eigenvalue weighted by Crippen LogP contribution is -1.88. The summed E-state index contributed by atoms with van der Waals surface area (Å²) in [6, 6.07) is 2.03. The number of aromatic nitrogens is 1. The van der Waals surface area contributed by atoms with Crippen LogP contribution in [0.3, 0.4) is 0 Å². The SMILES string of the molecule is CCc1sc(-c2sccc2Br)nc1N. The van der Waals surface area contributed by atoms with Gasteiger partial charge in [-0.25, -0.2) is 4.98 Å². The van der Waals surface area contributed by atoms with E-state index in [0.29, 0.717) is 5.82 Å². The molecular formula is C9H9BrN2S2. The van der Waals surface area contributed by atoms with Gasteiger partial charge in [-0.2, -0.15) is 0 Å². The van der Waals surface area contributed by atoms with Crippen LogP contribution in [0, 0.1) is 0 Å². The van der Waals surface area contributed by atoms with Crippen LogP contribution in [-0.2, 0) is 6.42 Å². The molecular weight excluding hydrogens is 280 g/mol. The lowest BCUT2D eigenvalue weighted by atomic mass is 10.4. The van der Waals surface area contributed by atoms with E-state index in [-0.39, 0.29) is 0 Å². The number of rotatable bonds is 2. The Morgan fingerprint density at radius 2 is 2.36 bits per heavy atom. The van der Waals surface area contributed by atoms with Crippen LogP contribution in [-0.4, -0.2) is 4.98 Å². The Kier molecular flexibility index (Phi) is 2.90. The molecule has 0 aromatic carbocycles. The number of anilines is 1. The molecule has 2 nitrogen and oxygen atoms in total. The first-order valence-corrected chi connectivity index (χ1v) is 6.69. The average Bonchev–Trinajstić information content (AvgIpc) is 2.71. The van der Waals surface area contributed by atoms with Crippen molar-refractivity contribution in [3.8, 4) is 9.88 Å². The summed E-state index contributed by atoms with van der Waals surface area (Å²) in [5.41, 5.74) is 5.80. The zero-order valence-electron chi connectivity index (χ0n) is 7.58. The van der Waals surface area contributed by atoms with Crippen LogP contribution < -0.4 is 5.73 Å². The summed E-state index contributed by atoms with van der Waals surface area (Å²) in [4.78, 5) is 6.70. The molecule has 0 atom stereocenters. The molecule has 0 saturated heterocycles. The van der Waals surface area contributed by atoms with E-state index >= 15 is 0 Å². The molecule has 0 aliphatic carbocycles. The topological polar surface area (TPSA) is 38.9 Å². The molecule has 2 rings (SSSR count). The number of thiophene rings is 1. The van der Waals surface area contributed by atoms with E-state index in [1.165, 1.54) is 9.75 Å². The van der Waals surface area contributed by atoms with Crippen LogP contribution >= 0.6 is 38.6 Å². The van der Waals surface area contributed by atoms with Gasteiger partial charge in [-0.05, 0) is 33.8 Å². The summed E-state index contributed by atoms with van der Waals surface area (Å²) < 4.78 is 1.10. The number of hydrogen-bond acceptors (Lipinski definition) is 4. The van der Waals surface area contributed by atoms with Crippen LogP contribution in [0.5, 0.6) is 0 Å². The second-order valence-corrected chi connectivity index (χ2v) is 5.63. The van der Waals surface area contributed by atoms with Crippen molar-refractivity contribution < 1.29 is 0 Å². The van der Waals surface area contributed by atoms with E-state index in [4.69, 9.17) is 5.73 Å². The van der Waals surface area contributed by atoms with Gasteiger partial charge >= 0.3 is 0 Å². The quantitative estimate of drug-likeness (QED) is 0.913. The minimum Gasteiger partial charge on any atom is -0.383 e. The van der Waals surface area contributed by atoms with Crippen molar-refractivity contribution in [2.45, 2.75) is 13.3 Å². The minimum atomic E-state index is 0.674. The molecule has 74 valence electrons. The Bertz CT molecular complexity index is 447. The Hall–Kier alpha value is -0.390. The van der Waals surface area contributed by atoms with Gasteiger partial charge in [0.05, 0.1) is 4.88 Å². The number of nitrogens with two attached hydrogens (primary N) is 1. The molecule has 0 fully saturated rings. The maximum absolute atomic E-state index is 5.80. The number of aryl methyl sites for hydroxylation is 1. The first kappa shape index (κ1) is 10.1. The van der Waals surface area contributed by atoms with Crippen molar-refractivity contribution >= 4 is 44.4 Å². The number of thiazole rings is 1. The summed E-state index contributed by atoms with van der Waals surface area (Å²) in [6.45, 7) is 2.09. The maximum atomic E-state index is 5.80. The number of halogens is 1. The third-order valence-corrected chi connectivity index (χ3v) is 5.07. The minimum absolute atomic E-state index is 0.674. The molecule has 2 aromatic rings. The first-order chi connectivity index (χ1) is 6.72. The lowest BCUT2D eigenvalue weighted by molar-refractivity contribution is 1.17. The van der Waals surface area contributed by atoms with E-state index in [2.05, 4.69) is 27.8 Å². The van der Waals surface area contributed by atoms with Crippen molar-refractivity contribution in [3.63, 3.8) is 0 Å². The van der Waals surface area contributed by atoms with Crippen molar-refractivity contribution in [3.05, 3.63) is 20.8 Å². The molecule has 0 aliphatic heterocycles. The predicted octanol–water partition coefficient (Wildman–Crippen LogP) is 3.78. The third-order valence-electron chi connectivity index (χ3n) is 1.86. The van der Waals surface area contributed by atoms with Crippen molar-refractivity contribution in [2.75, 3.05) is 5.73 Å². The summed E-state index contributed by atoms with van der Waals surface area (Å²) >= 11 is 6.85. The molecule has 2 N–H and O–H groups in total. The molecule has 0 bridgehead atoms. The highest BCUT2D eigenvalue weighted by Crippen LogP contribution is 2.37. The molecule has 0 saturated carbocycles. The Morgan fingerprint density at radius 3 is 2.86 bits per heavy atom. The monoisotopic (exact) mass is 288 g/mol. The van der Waals surface area contributed by atoms with Gasteiger partial charge in [-0.1, -0.05) is 6.92 Å². The second-order valence-electron chi connectivity index (χ2n) is 2.78. The van der Waals surface area contributed by atoms with Crippen molar-refractivity contribution in [1.82, 2.24) is 4.98 Å². The Labute approximate surface area is 98.9 Å². The molecule has 14 heavy (non-hydrogen) atoms. The van der Waals surface area contributed by atoms with E-state index in [1.54, 1.807) is 22.7 Å². The zero-order valence-corrected chi connectivity index (χ0v) is 10.8. The van der Waals surface area contributed by atoms with Gasteiger partial charge in [0.1, 0.15) is 10.8 Å². The zero-order chi connectivity index (χ0) is 10.1. The molecule has 0 aliphatic rings. The fourth-order valence-electron chi connectivity index (χ4n) is 1.16. The van der Waals surface area contributed by atoms with Crippen LogP contribution in [0.2, 0.25) is 0 Å². The molecule has 0 spiro atoms. The highest BCUT2D eigenvalue weighted by molar-refractivity contribution is 9.10. The average molecular weight is 289 g/mol. The fourth-order valence-corrected chi connectivity index (χ4v) is 3.88. The standard InChI is InChI=1S/C9H9BrN2S2/c1-2-6-8(11)12-9(14-6)7-5(10)3-4-13-7/h3-4H,2,11H2,1H3. The highest BCUT2D eigenvalue weighted by Gasteiger charge is 2.12. The van der Waals surface area contributed by atoms with Gasteiger partial charge in [-0.3, -0.25) is 0 Å². The van der Waals surface area contributed by atoms with Crippen LogP contribution in [0.1, 0.15) is 11.8 Å². The van der Waals surface area contributed by atoms with Gasteiger partial charge in [0.25, 0.3) is 0 Å². The summed E-state index contributed by atoms with van der Waals surface area (Å²) in [6.07, 6.45) is 0.951. The highest BCUT2D eigenvalue weighted by atomic mass is 79.9. The van der Waals surface area contributed by atoms with E-state index in [0.717, 1.165) is 15.9 Å². The number of nitrogens with zero attached hydrogens (tertiary/aromatic N) is 1. The third kappa shape index (κ3) is 1.71. The first-order valence-electron chi connectivity index (χ1n) is 4.21. The largest absolute Gasteiger partial charge is 0.383 e. The fraction of sp³-hybridized carbons (Fsp3) is 0.222. The molecule has 0 unspecified atom stereocenters. The molecule has 2 aromatic heterocycles. The van der Waals surface area contributed by atoms with E-state index in [1.807, 2.05) is 11.4 Å². The molecule has 0 radical (unpaired) electrons. The Morgan fingerprint density at radius 1 is 1.57 bits per heavy atom. The summed E-state index contributed by atoms with van der Waals surface area (Å²) in [5, 5.41) is 3.06. The van der Waals surface area contributed by atoms with Crippen LogP contribution in [0.4, 0.5) is 5.82 Å². The smallest absolute Gasteiger partial charge is 0.138 e. The lowest BCUT2D eigenvalue weighted by Gasteiger charge is -1.89. The van der Waals surface area contributed by atoms with E-state index < -0.39 is 0 Å². The van der Waals surface area contributed by atoms with Crippen LogP contribution in [0.15, 0.2) is 15.9 Å². The van der Waals surface area contributed by atoms with Crippen LogP contribution in [0.25, 0.3) is 9.88 Å². The Balaban J connectivity index is 2.47.